The Kier molecular flexibility index (Phi) is 7.47. The van der Waals surface area contributed by atoms with Crippen LogP contribution in [0.1, 0.15) is 43.1 Å². The highest BCUT2D eigenvalue weighted by Crippen LogP contribution is 2.33. The molecular formula is C26H28N8O6S. The van der Waals surface area contributed by atoms with Crippen LogP contribution in [0.25, 0.3) is 10.2 Å². The Labute approximate surface area is 237 Å². The average Bonchev–Trinajstić information content (AvgIpc) is 3.63. The standard InChI is InChI=1S/C26H28N8O6S/c1-4-33-19(11-14(2)29-33)23(36)27-18-12-15(32-9-7-31(3)8-10-32)5-6-16(18)22(35)28-21-17-13-20(25(37)38)41-24(17)34(30-21)26(39)40/h5-6,11-13H,4,7-10H2,1-3H3,(H,27,36)(H,37,38)(H,39,40)(H,28,30,35). The third-order valence-corrected chi connectivity index (χ3v) is 7.88. The summed E-state index contributed by atoms with van der Waals surface area (Å²) in [6, 6.07) is 8.03. The van der Waals surface area contributed by atoms with Crippen LogP contribution in [0.5, 0.6) is 0 Å². The molecule has 14 nitrogen and oxygen atoms in total. The van der Waals surface area contributed by atoms with Crippen molar-refractivity contribution in [2.45, 2.75) is 20.4 Å². The largest absolute Gasteiger partial charge is 0.477 e. The van der Waals surface area contributed by atoms with Gasteiger partial charge in [0.1, 0.15) is 15.4 Å². The van der Waals surface area contributed by atoms with Crippen molar-refractivity contribution < 1.29 is 29.4 Å². The van der Waals surface area contributed by atoms with E-state index in [0.717, 1.165) is 43.2 Å². The number of amides is 2. The summed E-state index contributed by atoms with van der Waals surface area (Å²) >= 11 is 0.731. The molecule has 15 heteroatoms. The quantitative estimate of drug-likeness (QED) is 0.254. The van der Waals surface area contributed by atoms with E-state index in [1.165, 1.54) is 6.07 Å². The molecular weight excluding hydrogens is 552 g/mol. The molecule has 0 atom stereocenters. The number of benzene rings is 1. The molecule has 4 aromatic rings. The van der Waals surface area contributed by atoms with Crippen molar-refractivity contribution in [1.82, 2.24) is 24.5 Å². The van der Waals surface area contributed by atoms with Crippen LogP contribution in [0.2, 0.25) is 0 Å². The van der Waals surface area contributed by atoms with Crippen molar-refractivity contribution in [3.63, 3.8) is 0 Å². The van der Waals surface area contributed by atoms with Crippen molar-refractivity contribution in [1.29, 1.82) is 0 Å². The number of aromatic nitrogens is 4. The molecule has 0 aliphatic carbocycles. The second-order valence-corrected chi connectivity index (χ2v) is 10.6. The second-order valence-electron chi connectivity index (χ2n) is 9.59. The molecule has 1 saturated heterocycles. The van der Waals surface area contributed by atoms with Gasteiger partial charge >= 0.3 is 12.1 Å². The summed E-state index contributed by atoms with van der Waals surface area (Å²) in [5.41, 5.74) is 2.20. The molecule has 4 N–H and O–H groups in total. The first-order valence-electron chi connectivity index (χ1n) is 12.8. The number of rotatable bonds is 7. The topological polar surface area (TPSA) is 175 Å². The Balaban J connectivity index is 1.51. The number of aryl methyl sites for hydroxylation is 2. The van der Waals surface area contributed by atoms with Crippen LogP contribution in [0.4, 0.5) is 22.0 Å². The minimum Gasteiger partial charge on any atom is -0.477 e. The summed E-state index contributed by atoms with van der Waals surface area (Å²) in [5.74, 6) is -2.45. The molecule has 214 valence electrons. The second kappa shape index (κ2) is 11.0. The zero-order valence-corrected chi connectivity index (χ0v) is 23.4. The molecule has 1 aliphatic rings. The van der Waals surface area contributed by atoms with E-state index in [1.54, 1.807) is 35.9 Å². The lowest BCUT2D eigenvalue weighted by Crippen LogP contribution is -2.44. The maximum atomic E-state index is 13.6. The van der Waals surface area contributed by atoms with E-state index in [-0.39, 0.29) is 32.2 Å². The maximum absolute atomic E-state index is 13.6. The molecule has 1 fully saturated rings. The number of carboxylic acids is 1. The molecule has 4 heterocycles. The third kappa shape index (κ3) is 5.49. The highest BCUT2D eigenvalue weighted by atomic mass is 32.1. The highest BCUT2D eigenvalue weighted by molar-refractivity contribution is 7.20. The summed E-state index contributed by atoms with van der Waals surface area (Å²) in [6.45, 7) is 7.39. The number of anilines is 3. The molecule has 0 saturated carbocycles. The van der Waals surface area contributed by atoms with Crippen LogP contribution in [-0.4, -0.2) is 91.8 Å². The number of carboxylic acid groups (broad SMARTS) is 2. The van der Waals surface area contributed by atoms with Gasteiger partial charge in [0.05, 0.1) is 22.3 Å². The van der Waals surface area contributed by atoms with E-state index in [9.17, 15) is 29.4 Å². The van der Waals surface area contributed by atoms with Gasteiger partial charge < -0.3 is 30.6 Å². The van der Waals surface area contributed by atoms with Crippen molar-refractivity contribution in [2.75, 3.05) is 48.8 Å². The van der Waals surface area contributed by atoms with Crippen LogP contribution in [0.3, 0.4) is 0 Å². The first kappa shape index (κ1) is 27.8. The predicted molar refractivity (Wildman–Crippen MR) is 153 cm³/mol. The SMILES string of the molecule is CCn1nc(C)cc1C(=O)Nc1cc(N2CCN(C)CC2)ccc1C(=O)Nc1nn(C(=O)O)c2sc(C(=O)O)cc12. The molecule has 2 amide bonds. The number of carbonyl (C=O) groups is 4. The van der Waals surface area contributed by atoms with E-state index in [4.69, 9.17) is 0 Å². The van der Waals surface area contributed by atoms with Gasteiger partial charge in [0.25, 0.3) is 11.8 Å². The molecule has 41 heavy (non-hydrogen) atoms. The molecule has 1 aliphatic heterocycles. The van der Waals surface area contributed by atoms with Crippen LogP contribution >= 0.6 is 11.3 Å². The molecule has 0 unspecified atom stereocenters. The lowest BCUT2D eigenvalue weighted by molar-refractivity contribution is 0.0701. The van der Waals surface area contributed by atoms with Gasteiger partial charge in [-0.3, -0.25) is 14.3 Å². The van der Waals surface area contributed by atoms with Crippen LogP contribution in [0, 0.1) is 6.92 Å². The summed E-state index contributed by atoms with van der Waals surface area (Å²) in [6.07, 6.45) is -1.43. The number of aromatic carboxylic acids is 1. The Morgan fingerprint density at radius 3 is 2.37 bits per heavy atom. The lowest BCUT2D eigenvalue weighted by atomic mass is 10.1. The number of thiophene rings is 1. The number of carbonyl (C=O) groups excluding carboxylic acids is 2. The van der Waals surface area contributed by atoms with E-state index in [0.29, 0.717) is 22.6 Å². The zero-order chi connectivity index (χ0) is 29.4. The summed E-state index contributed by atoms with van der Waals surface area (Å²) in [4.78, 5) is 54.4. The van der Waals surface area contributed by atoms with Crippen LogP contribution in [0.15, 0.2) is 30.3 Å². The number of hydrogen-bond donors (Lipinski definition) is 4. The number of piperazine rings is 1. The number of nitrogens with one attached hydrogen (secondary N) is 2. The van der Waals surface area contributed by atoms with Gasteiger partial charge in [0.15, 0.2) is 5.82 Å². The number of fused-ring (bicyclic) bond motifs is 1. The van der Waals surface area contributed by atoms with E-state index in [2.05, 4.69) is 30.6 Å². The average molecular weight is 581 g/mol. The zero-order valence-electron chi connectivity index (χ0n) is 22.5. The fraction of sp³-hybridized carbons (Fsp3) is 0.308. The van der Waals surface area contributed by atoms with Crippen LogP contribution in [-0.2, 0) is 6.54 Å². The molecule has 3 aromatic heterocycles. The Morgan fingerprint density at radius 1 is 0.976 bits per heavy atom. The van der Waals surface area contributed by atoms with Crippen molar-refractivity contribution in [3.05, 3.63) is 52.2 Å². The molecule has 1 aromatic carbocycles. The monoisotopic (exact) mass is 580 g/mol. The lowest BCUT2D eigenvalue weighted by Gasteiger charge is -2.34. The third-order valence-electron chi connectivity index (χ3n) is 6.78. The van der Waals surface area contributed by atoms with Crippen molar-refractivity contribution in [3.8, 4) is 0 Å². The number of likely N-dealkylation sites (N-methyl/N-ethyl adjacent to an activating group) is 1. The van der Waals surface area contributed by atoms with Gasteiger partial charge in [-0.1, -0.05) is 0 Å². The van der Waals surface area contributed by atoms with Gasteiger partial charge in [-0.25, -0.2) is 9.59 Å². The fourth-order valence-corrected chi connectivity index (χ4v) is 5.60. The summed E-state index contributed by atoms with van der Waals surface area (Å²) < 4.78 is 2.19. The van der Waals surface area contributed by atoms with Gasteiger partial charge in [-0.2, -0.15) is 9.78 Å². The Morgan fingerprint density at radius 2 is 1.71 bits per heavy atom. The first-order chi connectivity index (χ1) is 19.5. The van der Waals surface area contributed by atoms with E-state index >= 15 is 0 Å². The number of nitrogens with zero attached hydrogens (tertiary/aromatic N) is 6. The van der Waals surface area contributed by atoms with Gasteiger partial charge in [0, 0.05) is 38.4 Å². The van der Waals surface area contributed by atoms with Crippen molar-refractivity contribution >= 4 is 62.6 Å². The summed E-state index contributed by atoms with van der Waals surface area (Å²) in [5, 5.41) is 32.9. The number of hydrogen-bond acceptors (Lipinski definition) is 9. The first-order valence-corrected chi connectivity index (χ1v) is 13.6. The Hall–Kier alpha value is -4.76. The predicted octanol–water partition coefficient (Wildman–Crippen LogP) is 3.10. The van der Waals surface area contributed by atoms with Gasteiger partial charge in [-0.15, -0.1) is 16.4 Å². The minimum absolute atomic E-state index is 0.0624. The van der Waals surface area contributed by atoms with E-state index < -0.39 is 23.9 Å². The normalized spacial score (nSPS) is 13.9. The van der Waals surface area contributed by atoms with Gasteiger partial charge in [0.2, 0.25) is 0 Å². The summed E-state index contributed by atoms with van der Waals surface area (Å²) in [7, 11) is 2.05. The molecule has 0 bridgehead atoms. The maximum Gasteiger partial charge on any atom is 0.433 e. The van der Waals surface area contributed by atoms with Crippen LogP contribution < -0.4 is 15.5 Å². The fourth-order valence-electron chi connectivity index (χ4n) is 4.66. The molecule has 5 rings (SSSR count). The molecule has 0 spiro atoms. The smallest absolute Gasteiger partial charge is 0.433 e. The van der Waals surface area contributed by atoms with Crippen molar-refractivity contribution in [2.24, 2.45) is 0 Å². The highest BCUT2D eigenvalue weighted by Gasteiger charge is 2.25. The van der Waals surface area contributed by atoms with E-state index in [1.807, 2.05) is 14.0 Å². The van der Waals surface area contributed by atoms with Gasteiger partial charge in [-0.05, 0) is 51.2 Å². The Bertz CT molecular complexity index is 1680. The molecule has 0 radical (unpaired) electrons. The minimum atomic E-state index is -1.43.